The molecule has 7 N–H and O–H groups in total. The number of aliphatic hydroxyl groups is 5. The van der Waals surface area contributed by atoms with Gasteiger partial charge in [0, 0.05) is 31.1 Å². The SMILES string of the molecule is CC[C@H]1OC(=O)C(C)[C@@](O)(CNCc2cccc(F)c2)[C@H](C)[C@@H](O[C@@H]2O[C@H](C)C[C@H](N(C)C)[C@H]2O)[C@@](C)(O)C[C@@H](C)CN[C@H](C)[C@@H](O)[C@]1(C)O. The maximum atomic E-state index is 14.0. The standard InChI is InChI=1S/C37H64FN3O9/c1-11-29-36(8,46)31(43)25(6)40-18-21(2)17-35(7,45)32(50-34-30(42)28(41(9)10)15-22(3)48-34)23(4)37(47,24(5)33(44)49-29)20-39-19-26-13-12-14-27(38)16-26/h12-14,16,21-25,28-32,34,39-40,42-43,45-47H,11,15,17-20H2,1-10H3/t21-,22-,23-,24?,25-,28+,29-,30-,31-,32-,34+,35+,36-,37-/m1/s1. The van der Waals surface area contributed by atoms with Crippen molar-refractivity contribution >= 4 is 5.97 Å². The molecule has 2 aliphatic rings. The van der Waals surface area contributed by atoms with Gasteiger partial charge in [-0.2, -0.15) is 0 Å². The van der Waals surface area contributed by atoms with Crippen molar-refractivity contribution < 1.29 is 48.9 Å². The van der Waals surface area contributed by atoms with E-state index in [-0.39, 0.29) is 44.0 Å². The van der Waals surface area contributed by atoms with Crippen molar-refractivity contribution in [2.75, 3.05) is 27.2 Å². The molecule has 0 spiro atoms. The highest BCUT2D eigenvalue weighted by atomic mass is 19.1. The number of likely N-dealkylation sites (N-methyl/N-ethyl adjacent to an activating group) is 1. The minimum atomic E-state index is -1.97. The van der Waals surface area contributed by atoms with E-state index in [0.717, 1.165) is 0 Å². The van der Waals surface area contributed by atoms with E-state index < -0.39 is 77.2 Å². The van der Waals surface area contributed by atoms with E-state index in [1.807, 2.05) is 32.8 Å². The van der Waals surface area contributed by atoms with E-state index in [2.05, 4.69) is 10.6 Å². The Bertz CT molecular complexity index is 1240. The summed E-state index contributed by atoms with van der Waals surface area (Å²) in [4.78, 5) is 15.9. The van der Waals surface area contributed by atoms with E-state index in [9.17, 15) is 34.7 Å². The van der Waals surface area contributed by atoms with Crippen molar-refractivity contribution in [3.05, 3.63) is 35.6 Å². The molecular weight excluding hydrogens is 649 g/mol. The monoisotopic (exact) mass is 713 g/mol. The Morgan fingerprint density at radius 2 is 1.76 bits per heavy atom. The third-order valence-corrected chi connectivity index (χ3v) is 11.0. The van der Waals surface area contributed by atoms with E-state index in [0.29, 0.717) is 18.5 Å². The minimum Gasteiger partial charge on any atom is -0.459 e. The third-order valence-electron chi connectivity index (χ3n) is 11.0. The Kier molecular flexibility index (Phi) is 14.8. The van der Waals surface area contributed by atoms with Gasteiger partial charge in [-0.15, -0.1) is 0 Å². The second-order valence-corrected chi connectivity index (χ2v) is 15.7. The van der Waals surface area contributed by atoms with Gasteiger partial charge in [-0.1, -0.05) is 32.9 Å². The van der Waals surface area contributed by atoms with Crippen LogP contribution in [-0.2, 0) is 25.5 Å². The van der Waals surface area contributed by atoms with Crippen LogP contribution in [0.15, 0.2) is 24.3 Å². The van der Waals surface area contributed by atoms with Crippen molar-refractivity contribution in [2.45, 2.75) is 147 Å². The van der Waals surface area contributed by atoms with Gasteiger partial charge in [-0.3, -0.25) is 4.79 Å². The summed E-state index contributed by atoms with van der Waals surface area (Å²) in [6.07, 6.45) is -5.28. The summed E-state index contributed by atoms with van der Waals surface area (Å²) >= 11 is 0. The minimum absolute atomic E-state index is 0.155. The Hall–Kier alpha value is -1.78. The van der Waals surface area contributed by atoms with Crippen LogP contribution >= 0.6 is 0 Å². The molecule has 12 nitrogen and oxygen atoms in total. The first-order valence-electron chi connectivity index (χ1n) is 18.0. The summed E-state index contributed by atoms with van der Waals surface area (Å²) in [7, 11) is 3.71. The van der Waals surface area contributed by atoms with Crippen LogP contribution in [0.2, 0.25) is 0 Å². The number of aliphatic hydroxyl groups excluding tert-OH is 2. The highest BCUT2D eigenvalue weighted by molar-refractivity contribution is 5.74. The molecule has 14 atom stereocenters. The fourth-order valence-corrected chi connectivity index (χ4v) is 7.78. The number of carbonyl (C=O) groups is 1. The number of halogens is 1. The lowest BCUT2D eigenvalue weighted by Crippen LogP contribution is -2.64. The first kappa shape index (κ1) is 42.6. The molecule has 1 unspecified atom stereocenters. The number of cyclic esters (lactones) is 1. The Labute approximate surface area is 297 Å². The molecule has 2 saturated heterocycles. The second kappa shape index (κ2) is 17.4. The maximum Gasteiger partial charge on any atom is 0.312 e. The van der Waals surface area contributed by atoms with E-state index in [1.165, 1.54) is 26.0 Å². The van der Waals surface area contributed by atoms with Gasteiger partial charge in [0.15, 0.2) is 6.29 Å². The molecule has 1 aromatic rings. The van der Waals surface area contributed by atoms with Gasteiger partial charge in [0.25, 0.3) is 0 Å². The highest BCUT2D eigenvalue weighted by Gasteiger charge is 2.54. The van der Waals surface area contributed by atoms with Gasteiger partial charge in [0.2, 0.25) is 0 Å². The molecule has 50 heavy (non-hydrogen) atoms. The summed E-state index contributed by atoms with van der Waals surface area (Å²) in [5.74, 6) is -3.70. The lowest BCUT2D eigenvalue weighted by Gasteiger charge is -2.49. The number of hydrogen-bond donors (Lipinski definition) is 7. The zero-order valence-electron chi connectivity index (χ0n) is 31.6. The molecule has 2 heterocycles. The fourth-order valence-electron chi connectivity index (χ4n) is 7.78. The molecular formula is C37H64FN3O9. The van der Waals surface area contributed by atoms with Crippen LogP contribution < -0.4 is 10.6 Å². The van der Waals surface area contributed by atoms with Crippen molar-refractivity contribution in [3.63, 3.8) is 0 Å². The topological polar surface area (TPSA) is 173 Å². The average Bonchev–Trinajstić information content (AvgIpc) is 3.03. The van der Waals surface area contributed by atoms with Crippen LogP contribution in [0.25, 0.3) is 0 Å². The number of benzene rings is 1. The molecule has 13 heteroatoms. The highest BCUT2D eigenvalue weighted by Crippen LogP contribution is 2.40. The lowest BCUT2D eigenvalue weighted by atomic mass is 9.70. The quantitative estimate of drug-likeness (QED) is 0.196. The molecule has 288 valence electrons. The number of carbonyl (C=O) groups excluding carboxylic acids is 1. The molecule has 1 aromatic carbocycles. The second-order valence-electron chi connectivity index (χ2n) is 15.7. The van der Waals surface area contributed by atoms with Crippen LogP contribution in [0, 0.1) is 23.6 Å². The van der Waals surface area contributed by atoms with Gasteiger partial charge in [-0.25, -0.2) is 4.39 Å². The van der Waals surface area contributed by atoms with E-state index >= 15 is 0 Å². The normalized spacial score (nSPS) is 42.8. The van der Waals surface area contributed by atoms with Crippen molar-refractivity contribution in [2.24, 2.45) is 17.8 Å². The van der Waals surface area contributed by atoms with Crippen molar-refractivity contribution in [3.8, 4) is 0 Å². The summed E-state index contributed by atoms with van der Waals surface area (Å²) in [5.41, 5.74) is -4.84. The Morgan fingerprint density at radius 3 is 2.36 bits per heavy atom. The molecule has 0 aliphatic carbocycles. The molecule has 3 rings (SSSR count). The fraction of sp³-hybridized carbons (Fsp3) is 0.811. The molecule has 0 amide bonds. The molecule has 0 saturated carbocycles. The Morgan fingerprint density at radius 1 is 1.10 bits per heavy atom. The predicted octanol–water partition coefficient (Wildman–Crippen LogP) is 1.93. The van der Waals surface area contributed by atoms with E-state index in [4.69, 9.17) is 14.2 Å². The van der Waals surface area contributed by atoms with Crippen LogP contribution in [0.5, 0.6) is 0 Å². The molecule has 0 radical (unpaired) electrons. The van der Waals surface area contributed by atoms with Crippen LogP contribution in [0.3, 0.4) is 0 Å². The molecule has 2 aliphatic heterocycles. The van der Waals surface area contributed by atoms with Gasteiger partial charge in [0.1, 0.15) is 29.7 Å². The number of nitrogens with one attached hydrogen (secondary N) is 2. The zero-order valence-corrected chi connectivity index (χ0v) is 31.6. The largest absolute Gasteiger partial charge is 0.459 e. The number of esters is 1. The van der Waals surface area contributed by atoms with Crippen molar-refractivity contribution in [1.29, 1.82) is 0 Å². The lowest BCUT2D eigenvalue weighted by molar-refractivity contribution is -0.304. The predicted molar refractivity (Wildman–Crippen MR) is 187 cm³/mol. The average molecular weight is 714 g/mol. The van der Waals surface area contributed by atoms with Gasteiger partial charge in [0.05, 0.1) is 29.3 Å². The molecule has 0 bridgehead atoms. The summed E-state index contributed by atoms with van der Waals surface area (Å²) < 4.78 is 32.6. The van der Waals surface area contributed by atoms with Crippen molar-refractivity contribution in [1.82, 2.24) is 15.5 Å². The number of rotatable bonds is 8. The maximum absolute atomic E-state index is 14.0. The zero-order chi connectivity index (χ0) is 37.8. The van der Waals surface area contributed by atoms with Gasteiger partial charge in [-0.05, 0) is 98.1 Å². The number of hydrogen-bond acceptors (Lipinski definition) is 12. The van der Waals surface area contributed by atoms with Gasteiger partial charge < -0.3 is 55.3 Å². The molecule has 0 aromatic heterocycles. The number of nitrogens with zero attached hydrogens (tertiary/aromatic N) is 1. The Balaban J connectivity index is 2.13. The summed E-state index contributed by atoms with van der Waals surface area (Å²) in [6, 6.07) is 5.09. The smallest absolute Gasteiger partial charge is 0.312 e. The molecule has 2 fully saturated rings. The van der Waals surface area contributed by atoms with Crippen LogP contribution in [0.1, 0.15) is 80.2 Å². The van der Waals surface area contributed by atoms with Crippen LogP contribution in [-0.4, -0.2) is 129 Å². The third kappa shape index (κ3) is 10.00. The summed E-state index contributed by atoms with van der Waals surface area (Å²) in [6.45, 7) is 13.8. The van der Waals surface area contributed by atoms with Gasteiger partial charge >= 0.3 is 5.97 Å². The number of ether oxygens (including phenoxy) is 3. The van der Waals surface area contributed by atoms with E-state index in [1.54, 1.807) is 39.8 Å². The first-order valence-corrected chi connectivity index (χ1v) is 18.0. The first-order chi connectivity index (χ1) is 23.1. The van der Waals surface area contributed by atoms with Crippen LogP contribution in [0.4, 0.5) is 4.39 Å². The summed E-state index contributed by atoms with van der Waals surface area (Å²) in [5, 5.41) is 65.7.